The van der Waals surface area contributed by atoms with E-state index in [0.29, 0.717) is 17.1 Å². The minimum atomic E-state index is -0.670. The van der Waals surface area contributed by atoms with E-state index in [2.05, 4.69) is 10.3 Å². The lowest BCUT2D eigenvalue weighted by atomic mass is 10.1. The van der Waals surface area contributed by atoms with E-state index in [-0.39, 0.29) is 6.61 Å². The number of carbonyl (C=O) groups is 1. The summed E-state index contributed by atoms with van der Waals surface area (Å²) in [4.78, 5) is 27.9. The fraction of sp³-hybridized carbons (Fsp3) is 0.105. The highest BCUT2D eigenvalue weighted by molar-refractivity contribution is 5.89. The summed E-state index contributed by atoms with van der Waals surface area (Å²) in [5, 5.41) is 3.39. The third-order valence-corrected chi connectivity index (χ3v) is 4.20. The van der Waals surface area contributed by atoms with E-state index in [1.54, 1.807) is 18.2 Å². The first-order valence-corrected chi connectivity index (χ1v) is 8.21. The number of nitrogens with one attached hydrogen (secondary N) is 1. The monoisotopic (exact) mass is 364 g/mol. The zero-order valence-electron chi connectivity index (χ0n) is 14.4. The molecule has 0 aliphatic rings. The molecule has 0 saturated heterocycles. The molecule has 4 aromatic rings. The molecule has 1 amide bonds. The van der Waals surface area contributed by atoms with Crippen molar-refractivity contribution < 1.29 is 13.9 Å². The zero-order chi connectivity index (χ0) is 19.0. The van der Waals surface area contributed by atoms with E-state index >= 15 is 0 Å². The van der Waals surface area contributed by atoms with Crippen LogP contribution < -0.4 is 16.8 Å². The Bertz CT molecular complexity index is 1230. The minimum Gasteiger partial charge on any atom is -0.441 e. The number of aromatic nitrogens is 2. The molecule has 0 saturated carbocycles. The Balaban J connectivity index is 1.48. The van der Waals surface area contributed by atoms with E-state index in [0.717, 1.165) is 22.0 Å². The van der Waals surface area contributed by atoms with Gasteiger partial charge in [0.15, 0.2) is 12.4 Å². The molecule has 136 valence electrons. The number of amides is 1. The third kappa shape index (κ3) is 3.20. The number of benzene rings is 2. The Morgan fingerprint density at radius 2 is 2.07 bits per heavy atom. The summed E-state index contributed by atoms with van der Waals surface area (Å²) in [5.41, 5.74) is 2.67. The Kier molecular flexibility index (Phi) is 4.00. The maximum Gasteiger partial charge on any atom is 0.412 e. The van der Waals surface area contributed by atoms with Gasteiger partial charge in [-0.25, -0.2) is 19.2 Å². The number of para-hydroxylation sites is 2. The summed E-state index contributed by atoms with van der Waals surface area (Å²) in [5.74, 6) is 6.39. The van der Waals surface area contributed by atoms with Crippen LogP contribution in [0.2, 0.25) is 0 Å². The number of carbonyl (C=O) groups excluding carboxylic acids is 1. The standard InChI is InChI=1S/C19H16N4O4/c1-11-8-18(24)27-16-9-12(6-7-13(11)16)21-19(25)26-10-17-22-14-4-2-3-5-15(14)23(17)20/h2-9H,10,20H2,1H3,(H,21,25). The molecule has 2 heterocycles. The molecule has 8 heteroatoms. The number of hydrogen-bond donors (Lipinski definition) is 2. The van der Waals surface area contributed by atoms with Crippen LogP contribution in [0, 0.1) is 6.92 Å². The lowest BCUT2D eigenvalue weighted by molar-refractivity contribution is 0.151. The number of anilines is 1. The van der Waals surface area contributed by atoms with Crippen molar-refractivity contribution in [2.45, 2.75) is 13.5 Å². The fourth-order valence-electron chi connectivity index (χ4n) is 2.88. The number of ether oxygens (including phenoxy) is 1. The van der Waals surface area contributed by atoms with Gasteiger partial charge in [-0.3, -0.25) is 5.32 Å². The molecule has 0 fully saturated rings. The largest absolute Gasteiger partial charge is 0.441 e. The van der Waals surface area contributed by atoms with Crippen LogP contribution in [0.4, 0.5) is 10.5 Å². The normalized spacial score (nSPS) is 11.0. The number of nitrogens with two attached hydrogens (primary N) is 1. The van der Waals surface area contributed by atoms with Crippen molar-refractivity contribution in [1.82, 2.24) is 9.66 Å². The van der Waals surface area contributed by atoms with Gasteiger partial charge in [0.2, 0.25) is 0 Å². The molecule has 27 heavy (non-hydrogen) atoms. The Labute approximate surface area is 153 Å². The predicted octanol–water partition coefficient (Wildman–Crippen LogP) is 2.91. The van der Waals surface area contributed by atoms with Gasteiger partial charge in [-0.05, 0) is 36.8 Å². The number of rotatable bonds is 3. The lowest BCUT2D eigenvalue weighted by Crippen LogP contribution is -2.18. The van der Waals surface area contributed by atoms with Crippen molar-refractivity contribution in [3.63, 3.8) is 0 Å². The smallest absolute Gasteiger partial charge is 0.412 e. The average Bonchev–Trinajstić information content (AvgIpc) is 2.96. The minimum absolute atomic E-state index is 0.0845. The van der Waals surface area contributed by atoms with Gasteiger partial charge in [-0.2, -0.15) is 0 Å². The van der Waals surface area contributed by atoms with Gasteiger partial charge in [0.1, 0.15) is 5.58 Å². The third-order valence-electron chi connectivity index (χ3n) is 4.20. The lowest BCUT2D eigenvalue weighted by Gasteiger charge is -2.08. The van der Waals surface area contributed by atoms with Crippen molar-refractivity contribution in [2.24, 2.45) is 0 Å². The van der Waals surface area contributed by atoms with Crippen LogP contribution in [-0.4, -0.2) is 15.8 Å². The van der Waals surface area contributed by atoms with E-state index in [1.165, 1.54) is 10.7 Å². The molecule has 4 rings (SSSR count). The topological polar surface area (TPSA) is 112 Å². The summed E-state index contributed by atoms with van der Waals surface area (Å²) >= 11 is 0. The maximum atomic E-state index is 12.1. The molecule has 0 spiro atoms. The highest BCUT2D eigenvalue weighted by atomic mass is 16.5. The van der Waals surface area contributed by atoms with Gasteiger partial charge in [0.05, 0.1) is 11.0 Å². The number of imidazole rings is 1. The van der Waals surface area contributed by atoms with E-state index < -0.39 is 11.7 Å². The molecular weight excluding hydrogens is 348 g/mol. The van der Waals surface area contributed by atoms with Crippen molar-refractivity contribution in [2.75, 3.05) is 11.2 Å². The highest BCUT2D eigenvalue weighted by Gasteiger charge is 2.11. The molecular formula is C19H16N4O4. The molecule has 2 aromatic carbocycles. The van der Waals surface area contributed by atoms with Crippen molar-refractivity contribution in [3.8, 4) is 0 Å². The summed E-state index contributed by atoms with van der Waals surface area (Å²) in [6.07, 6.45) is -0.670. The fourth-order valence-corrected chi connectivity index (χ4v) is 2.88. The second kappa shape index (κ2) is 6.49. The second-order valence-corrected chi connectivity index (χ2v) is 6.05. The quantitative estimate of drug-likeness (QED) is 0.427. The van der Waals surface area contributed by atoms with Gasteiger partial charge in [0, 0.05) is 23.2 Å². The summed E-state index contributed by atoms with van der Waals surface area (Å²) < 4.78 is 11.7. The highest BCUT2D eigenvalue weighted by Crippen LogP contribution is 2.21. The van der Waals surface area contributed by atoms with Crippen LogP contribution in [0.5, 0.6) is 0 Å². The SMILES string of the molecule is Cc1cc(=O)oc2cc(NC(=O)OCc3nc4ccccc4n3N)ccc12. The van der Waals surface area contributed by atoms with Crippen LogP contribution in [0.25, 0.3) is 22.0 Å². The summed E-state index contributed by atoms with van der Waals surface area (Å²) in [6, 6.07) is 13.8. The molecule has 0 atom stereocenters. The van der Waals surface area contributed by atoms with Crippen LogP contribution >= 0.6 is 0 Å². The molecule has 0 bridgehead atoms. The van der Waals surface area contributed by atoms with Gasteiger partial charge < -0.3 is 15.0 Å². The van der Waals surface area contributed by atoms with Gasteiger partial charge in [0.25, 0.3) is 0 Å². The zero-order valence-corrected chi connectivity index (χ0v) is 14.4. The molecule has 3 N–H and O–H groups in total. The van der Waals surface area contributed by atoms with Gasteiger partial charge in [-0.1, -0.05) is 12.1 Å². The molecule has 0 aliphatic heterocycles. The van der Waals surface area contributed by atoms with Crippen LogP contribution in [0.3, 0.4) is 0 Å². The number of hydrogen-bond acceptors (Lipinski definition) is 6. The first kappa shape index (κ1) is 16.6. The molecule has 0 radical (unpaired) electrons. The number of aryl methyl sites for hydroxylation is 1. The summed E-state index contributed by atoms with van der Waals surface area (Å²) in [6.45, 7) is 1.73. The Hall–Kier alpha value is -3.81. The predicted molar refractivity (Wildman–Crippen MR) is 101 cm³/mol. The average molecular weight is 364 g/mol. The molecule has 2 aromatic heterocycles. The summed E-state index contributed by atoms with van der Waals surface area (Å²) in [7, 11) is 0. The second-order valence-electron chi connectivity index (χ2n) is 6.05. The molecule has 0 unspecified atom stereocenters. The molecule has 0 aliphatic carbocycles. The first-order chi connectivity index (χ1) is 13.0. The first-order valence-electron chi connectivity index (χ1n) is 8.21. The number of fused-ring (bicyclic) bond motifs is 2. The van der Waals surface area contributed by atoms with Crippen molar-refractivity contribution >= 4 is 33.8 Å². The van der Waals surface area contributed by atoms with Crippen LogP contribution in [0.1, 0.15) is 11.4 Å². The maximum absolute atomic E-state index is 12.1. The Morgan fingerprint density at radius 3 is 2.89 bits per heavy atom. The van der Waals surface area contributed by atoms with E-state index in [1.807, 2.05) is 31.2 Å². The van der Waals surface area contributed by atoms with Crippen molar-refractivity contribution in [1.29, 1.82) is 0 Å². The Morgan fingerprint density at radius 1 is 1.26 bits per heavy atom. The van der Waals surface area contributed by atoms with Crippen LogP contribution in [-0.2, 0) is 11.3 Å². The number of nitrogens with zero attached hydrogens (tertiary/aromatic N) is 2. The van der Waals surface area contributed by atoms with Crippen LogP contribution in [0.15, 0.2) is 57.7 Å². The van der Waals surface area contributed by atoms with E-state index in [4.69, 9.17) is 15.0 Å². The van der Waals surface area contributed by atoms with Crippen molar-refractivity contribution in [3.05, 3.63) is 70.3 Å². The molecule has 8 nitrogen and oxygen atoms in total. The van der Waals surface area contributed by atoms with Gasteiger partial charge in [-0.15, -0.1) is 0 Å². The van der Waals surface area contributed by atoms with Gasteiger partial charge >= 0.3 is 11.7 Å². The van der Waals surface area contributed by atoms with E-state index in [9.17, 15) is 9.59 Å². The number of nitrogen functional groups attached to an aromatic ring is 1.